The van der Waals surface area contributed by atoms with Gasteiger partial charge < -0.3 is 20.1 Å². The zero-order chi connectivity index (χ0) is 16.0. The normalized spacial score (nSPS) is 10.8. The van der Waals surface area contributed by atoms with E-state index in [9.17, 15) is 0 Å². The summed E-state index contributed by atoms with van der Waals surface area (Å²) in [5, 5.41) is 6.52. The zero-order valence-electron chi connectivity index (χ0n) is 14.4. The number of hydrogen-bond acceptors (Lipinski definition) is 3. The average molecular weight is 435 g/mol. The maximum Gasteiger partial charge on any atom is 0.191 e. The van der Waals surface area contributed by atoms with Gasteiger partial charge in [-0.15, -0.1) is 24.0 Å². The van der Waals surface area contributed by atoms with Gasteiger partial charge in [-0.2, -0.15) is 0 Å². The van der Waals surface area contributed by atoms with Crippen molar-refractivity contribution in [1.82, 2.24) is 10.6 Å². The van der Waals surface area contributed by atoms with E-state index in [1.54, 1.807) is 7.11 Å². The Kier molecular flexibility index (Phi) is 13.9. The van der Waals surface area contributed by atoms with Crippen LogP contribution in [0.2, 0.25) is 0 Å². The SMILES string of the molecule is CCCCOCCNC(=NCc1ccc(OC)cc1)NCC.I. The van der Waals surface area contributed by atoms with Crippen molar-refractivity contribution >= 4 is 29.9 Å². The lowest BCUT2D eigenvalue weighted by atomic mass is 10.2. The van der Waals surface area contributed by atoms with Crippen LogP contribution in [0.4, 0.5) is 0 Å². The molecular weight excluding hydrogens is 405 g/mol. The van der Waals surface area contributed by atoms with E-state index in [-0.39, 0.29) is 24.0 Å². The van der Waals surface area contributed by atoms with Crippen molar-refractivity contribution in [3.05, 3.63) is 29.8 Å². The molecule has 0 aromatic heterocycles. The van der Waals surface area contributed by atoms with Crippen molar-refractivity contribution < 1.29 is 9.47 Å². The standard InChI is InChI=1S/C17H29N3O2.HI/c1-4-6-12-22-13-11-19-17(18-5-2)20-14-15-7-9-16(21-3)10-8-15;/h7-10H,4-6,11-14H2,1-3H3,(H2,18,19,20);1H. The highest BCUT2D eigenvalue weighted by atomic mass is 127. The summed E-state index contributed by atoms with van der Waals surface area (Å²) in [7, 11) is 1.67. The molecule has 0 bridgehead atoms. The molecule has 0 spiro atoms. The number of rotatable bonds is 10. The van der Waals surface area contributed by atoms with E-state index in [1.165, 1.54) is 6.42 Å². The van der Waals surface area contributed by atoms with Gasteiger partial charge in [0, 0.05) is 19.7 Å². The van der Waals surface area contributed by atoms with Crippen LogP contribution in [0, 0.1) is 0 Å². The van der Waals surface area contributed by atoms with Crippen molar-refractivity contribution in [3.8, 4) is 5.75 Å². The van der Waals surface area contributed by atoms with E-state index >= 15 is 0 Å². The monoisotopic (exact) mass is 435 g/mol. The fourth-order valence-corrected chi connectivity index (χ4v) is 1.83. The third-order valence-electron chi connectivity index (χ3n) is 3.10. The molecule has 0 saturated heterocycles. The van der Waals surface area contributed by atoms with Gasteiger partial charge in [0.05, 0.1) is 20.3 Å². The van der Waals surface area contributed by atoms with Gasteiger partial charge in [0.1, 0.15) is 5.75 Å². The number of nitrogens with one attached hydrogen (secondary N) is 2. The van der Waals surface area contributed by atoms with Gasteiger partial charge in [-0.3, -0.25) is 0 Å². The third-order valence-corrected chi connectivity index (χ3v) is 3.10. The minimum absolute atomic E-state index is 0. The van der Waals surface area contributed by atoms with Gasteiger partial charge in [0.25, 0.3) is 0 Å². The van der Waals surface area contributed by atoms with Crippen LogP contribution in [0.1, 0.15) is 32.3 Å². The molecule has 0 atom stereocenters. The summed E-state index contributed by atoms with van der Waals surface area (Å²) in [6.07, 6.45) is 2.28. The number of ether oxygens (including phenoxy) is 2. The van der Waals surface area contributed by atoms with Crippen LogP contribution >= 0.6 is 24.0 Å². The maximum atomic E-state index is 5.53. The summed E-state index contributed by atoms with van der Waals surface area (Å²) in [5.41, 5.74) is 1.15. The molecule has 0 amide bonds. The van der Waals surface area contributed by atoms with Crippen molar-refractivity contribution in [2.24, 2.45) is 4.99 Å². The topological polar surface area (TPSA) is 54.9 Å². The van der Waals surface area contributed by atoms with Crippen molar-refractivity contribution in [1.29, 1.82) is 0 Å². The highest BCUT2D eigenvalue weighted by Gasteiger charge is 1.98. The molecule has 0 unspecified atom stereocenters. The van der Waals surface area contributed by atoms with Crippen LogP contribution in [-0.2, 0) is 11.3 Å². The molecule has 0 aliphatic rings. The van der Waals surface area contributed by atoms with Crippen LogP contribution in [0.3, 0.4) is 0 Å². The molecule has 0 saturated carbocycles. The van der Waals surface area contributed by atoms with E-state index in [4.69, 9.17) is 9.47 Å². The Hall–Kier alpha value is -1.02. The summed E-state index contributed by atoms with van der Waals surface area (Å²) < 4.78 is 10.7. The van der Waals surface area contributed by atoms with Crippen LogP contribution in [-0.4, -0.2) is 39.4 Å². The number of methoxy groups -OCH3 is 1. The van der Waals surface area contributed by atoms with Crippen molar-refractivity contribution in [3.63, 3.8) is 0 Å². The minimum atomic E-state index is 0. The number of nitrogens with zero attached hydrogens (tertiary/aromatic N) is 1. The molecule has 0 aliphatic carbocycles. The van der Waals surface area contributed by atoms with Crippen LogP contribution < -0.4 is 15.4 Å². The van der Waals surface area contributed by atoms with Crippen molar-refractivity contribution in [2.45, 2.75) is 33.2 Å². The molecule has 6 heteroatoms. The molecule has 0 heterocycles. The molecule has 5 nitrogen and oxygen atoms in total. The summed E-state index contributed by atoms with van der Waals surface area (Å²) >= 11 is 0. The van der Waals surface area contributed by atoms with Gasteiger partial charge in [0.2, 0.25) is 0 Å². The molecule has 0 radical (unpaired) electrons. The van der Waals surface area contributed by atoms with Crippen LogP contribution in [0.5, 0.6) is 5.75 Å². The Morgan fingerprint density at radius 2 is 1.83 bits per heavy atom. The third kappa shape index (κ3) is 10.4. The lowest BCUT2D eigenvalue weighted by Gasteiger charge is -2.11. The first-order chi connectivity index (χ1) is 10.8. The quantitative estimate of drug-likeness (QED) is 0.257. The lowest BCUT2D eigenvalue weighted by molar-refractivity contribution is 0.136. The number of hydrogen-bond donors (Lipinski definition) is 2. The first-order valence-corrected chi connectivity index (χ1v) is 8.03. The molecule has 1 aromatic rings. The van der Waals surface area contributed by atoms with E-state index in [0.717, 1.165) is 43.4 Å². The van der Waals surface area contributed by atoms with Gasteiger partial charge in [-0.25, -0.2) is 4.99 Å². The number of guanidine groups is 1. The predicted molar refractivity (Wildman–Crippen MR) is 107 cm³/mol. The second kappa shape index (κ2) is 14.6. The van der Waals surface area contributed by atoms with Gasteiger partial charge in [-0.1, -0.05) is 25.5 Å². The van der Waals surface area contributed by atoms with E-state index in [0.29, 0.717) is 13.2 Å². The second-order valence-electron chi connectivity index (χ2n) is 4.94. The molecule has 0 fully saturated rings. The molecule has 132 valence electrons. The fraction of sp³-hybridized carbons (Fsp3) is 0.588. The number of benzene rings is 1. The molecule has 23 heavy (non-hydrogen) atoms. The van der Waals surface area contributed by atoms with Gasteiger partial charge in [-0.05, 0) is 31.0 Å². The fourth-order valence-electron chi connectivity index (χ4n) is 1.83. The predicted octanol–water partition coefficient (Wildman–Crippen LogP) is 3.19. The number of halogens is 1. The first-order valence-electron chi connectivity index (χ1n) is 8.03. The summed E-state index contributed by atoms with van der Waals surface area (Å²) in [5.74, 6) is 1.68. The van der Waals surface area contributed by atoms with Gasteiger partial charge in [0.15, 0.2) is 5.96 Å². The number of unbranched alkanes of at least 4 members (excludes halogenated alkanes) is 1. The Morgan fingerprint density at radius 1 is 1.09 bits per heavy atom. The van der Waals surface area contributed by atoms with Crippen LogP contribution in [0.25, 0.3) is 0 Å². The summed E-state index contributed by atoms with van der Waals surface area (Å²) in [6.45, 7) is 7.99. The molecule has 0 aliphatic heterocycles. The lowest BCUT2D eigenvalue weighted by Crippen LogP contribution is -2.39. The molecule has 1 aromatic carbocycles. The average Bonchev–Trinajstić information content (AvgIpc) is 2.56. The smallest absolute Gasteiger partial charge is 0.191 e. The molecule has 2 N–H and O–H groups in total. The molecule has 1 rings (SSSR count). The summed E-state index contributed by atoms with van der Waals surface area (Å²) in [4.78, 5) is 4.57. The van der Waals surface area contributed by atoms with Crippen LogP contribution in [0.15, 0.2) is 29.3 Å². The molecular formula is C17H30IN3O2. The Labute approximate surface area is 157 Å². The van der Waals surface area contributed by atoms with E-state index in [1.807, 2.05) is 24.3 Å². The first kappa shape index (κ1) is 22.0. The Morgan fingerprint density at radius 3 is 2.43 bits per heavy atom. The van der Waals surface area contributed by atoms with E-state index < -0.39 is 0 Å². The Balaban J connectivity index is 0.00000484. The largest absolute Gasteiger partial charge is 0.497 e. The van der Waals surface area contributed by atoms with Crippen molar-refractivity contribution in [2.75, 3.05) is 33.4 Å². The highest BCUT2D eigenvalue weighted by Crippen LogP contribution is 2.11. The van der Waals surface area contributed by atoms with E-state index in [2.05, 4.69) is 29.5 Å². The highest BCUT2D eigenvalue weighted by molar-refractivity contribution is 14.0. The second-order valence-corrected chi connectivity index (χ2v) is 4.94. The maximum absolute atomic E-state index is 5.53. The number of aliphatic imine (C=N–C) groups is 1. The minimum Gasteiger partial charge on any atom is -0.497 e. The Bertz CT molecular complexity index is 424. The summed E-state index contributed by atoms with van der Waals surface area (Å²) in [6, 6.07) is 7.96. The van der Waals surface area contributed by atoms with Gasteiger partial charge >= 0.3 is 0 Å². The zero-order valence-corrected chi connectivity index (χ0v) is 16.8.